The summed E-state index contributed by atoms with van der Waals surface area (Å²) in [5.41, 5.74) is 5.32. The van der Waals surface area contributed by atoms with Crippen molar-refractivity contribution < 1.29 is 8.42 Å². The van der Waals surface area contributed by atoms with Gasteiger partial charge in [-0.25, -0.2) is 8.42 Å². The fourth-order valence-electron chi connectivity index (χ4n) is 4.14. The van der Waals surface area contributed by atoms with Crippen molar-refractivity contribution in [2.75, 3.05) is 6.54 Å². The highest BCUT2D eigenvalue weighted by atomic mass is 32.2. The van der Waals surface area contributed by atoms with Crippen molar-refractivity contribution in [1.82, 2.24) is 4.41 Å². The van der Waals surface area contributed by atoms with Gasteiger partial charge < -0.3 is 0 Å². The van der Waals surface area contributed by atoms with Crippen LogP contribution in [-0.2, 0) is 16.4 Å². The molecule has 0 fully saturated rings. The van der Waals surface area contributed by atoms with Gasteiger partial charge in [-0.05, 0) is 61.8 Å². The highest BCUT2D eigenvalue weighted by molar-refractivity contribution is 7.90. The number of hydrazone groups is 1. The lowest BCUT2D eigenvalue weighted by Gasteiger charge is -2.39. The van der Waals surface area contributed by atoms with Crippen LogP contribution in [0.2, 0.25) is 0 Å². The molecule has 0 spiro atoms. The van der Waals surface area contributed by atoms with E-state index in [1.54, 1.807) is 6.21 Å². The quantitative estimate of drug-likeness (QED) is 0.674. The van der Waals surface area contributed by atoms with E-state index in [2.05, 4.69) is 42.4 Å². The third-order valence-corrected chi connectivity index (χ3v) is 8.47. The van der Waals surface area contributed by atoms with Crippen molar-refractivity contribution in [1.29, 1.82) is 0 Å². The molecule has 0 aromatic heterocycles. The Kier molecular flexibility index (Phi) is 5.65. The number of aryl methyl sites for hydroxylation is 1. The molecule has 0 radical (unpaired) electrons. The maximum Gasteiger partial charge on any atom is 0.259 e. The lowest BCUT2D eigenvalue weighted by atomic mass is 9.82. The molecule has 1 atom stereocenters. The summed E-state index contributed by atoms with van der Waals surface area (Å²) in [6.45, 7) is 4.36. The minimum absolute atomic E-state index is 0.434. The second-order valence-electron chi connectivity index (χ2n) is 8.31. The number of rotatable bonds is 5. The van der Waals surface area contributed by atoms with Gasteiger partial charge in [-0.15, -0.1) is 0 Å². The first kappa shape index (κ1) is 20.6. The first-order valence-electron chi connectivity index (χ1n) is 10.5. The third kappa shape index (κ3) is 3.86. The molecule has 4 rings (SSSR count). The van der Waals surface area contributed by atoms with Gasteiger partial charge in [0, 0.05) is 6.21 Å². The van der Waals surface area contributed by atoms with E-state index in [1.165, 1.54) is 9.98 Å². The van der Waals surface area contributed by atoms with Gasteiger partial charge in [0.05, 0.1) is 6.54 Å². The summed E-state index contributed by atoms with van der Waals surface area (Å²) in [5, 5.41) is 4.25. The number of nitrogens with zero attached hydrogens (tertiary/aromatic N) is 2. The number of sulfonamides is 1. The zero-order valence-electron chi connectivity index (χ0n) is 17.6. The Morgan fingerprint density at radius 2 is 1.77 bits per heavy atom. The van der Waals surface area contributed by atoms with Crippen molar-refractivity contribution in [3.05, 3.63) is 89.0 Å². The summed E-state index contributed by atoms with van der Waals surface area (Å²) in [7, 11) is -3.68. The second kappa shape index (κ2) is 8.23. The number of hydrogen-bond donors (Lipinski definition) is 0. The minimum Gasteiger partial charge on any atom is -0.204 e. The third-order valence-electron chi connectivity index (χ3n) is 6.09. The van der Waals surface area contributed by atoms with E-state index in [1.807, 2.05) is 43.3 Å². The molecular weight excluding hydrogens is 392 g/mol. The highest BCUT2D eigenvalue weighted by Crippen LogP contribution is 2.43. The molecule has 30 heavy (non-hydrogen) atoms. The molecule has 0 amide bonds. The zero-order chi connectivity index (χ0) is 21.2. The van der Waals surface area contributed by atoms with Crippen LogP contribution in [0.1, 0.15) is 42.9 Å². The van der Waals surface area contributed by atoms with E-state index in [-0.39, 0.29) is 0 Å². The highest BCUT2D eigenvalue weighted by Gasteiger charge is 2.47. The molecule has 1 aliphatic heterocycles. The molecule has 0 N–H and O–H groups in total. The molecule has 0 saturated carbocycles. The van der Waals surface area contributed by atoms with Gasteiger partial charge >= 0.3 is 0 Å². The average Bonchev–Trinajstić information content (AvgIpc) is 2.77. The van der Waals surface area contributed by atoms with Crippen molar-refractivity contribution >= 4 is 21.8 Å². The lowest BCUT2D eigenvalue weighted by molar-refractivity contribution is 0.395. The predicted molar refractivity (Wildman–Crippen MR) is 124 cm³/mol. The maximum absolute atomic E-state index is 13.8. The molecule has 0 unspecified atom stereocenters. The minimum atomic E-state index is -3.68. The molecule has 1 aliphatic carbocycles. The van der Waals surface area contributed by atoms with Gasteiger partial charge in [0.25, 0.3) is 10.0 Å². The Balaban J connectivity index is 1.77. The largest absolute Gasteiger partial charge is 0.259 e. The molecule has 0 bridgehead atoms. The standard InChI is InChI=1S/C25H28N2O2S/c1-20-10-12-22(13-11-20)23-14-15-24(18-21-8-4-3-5-9-21)25(2,19-23)30(28,29)27-17-7-6-16-26-27/h3-5,8-16H,6-7,17-19H2,1-2H3/t25-/m0/s1. The van der Waals surface area contributed by atoms with E-state index < -0.39 is 14.8 Å². The summed E-state index contributed by atoms with van der Waals surface area (Å²) >= 11 is 0. The predicted octanol–water partition coefficient (Wildman–Crippen LogP) is 5.12. The normalized spacial score (nSPS) is 21.9. The Labute approximate surface area is 179 Å². The Bertz CT molecular complexity index is 1100. The summed E-state index contributed by atoms with van der Waals surface area (Å²) < 4.78 is 27.9. The second-order valence-corrected chi connectivity index (χ2v) is 10.6. The number of benzene rings is 2. The first-order chi connectivity index (χ1) is 14.4. The summed E-state index contributed by atoms with van der Waals surface area (Å²) in [6.07, 6.45) is 8.47. The van der Waals surface area contributed by atoms with Crippen LogP contribution in [0.15, 0.2) is 77.4 Å². The maximum atomic E-state index is 13.8. The van der Waals surface area contributed by atoms with Gasteiger partial charge in [-0.1, -0.05) is 72.3 Å². The van der Waals surface area contributed by atoms with E-state index >= 15 is 0 Å². The number of allylic oxidation sites excluding steroid dienone is 3. The van der Waals surface area contributed by atoms with Crippen molar-refractivity contribution in [2.45, 2.75) is 44.3 Å². The van der Waals surface area contributed by atoms with E-state index in [9.17, 15) is 8.42 Å². The summed E-state index contributed by atoms with van der Waals surface area (Å²) in [4.78, 5) is 0. The fourth-order valence-corrected chi connectivity index (χ4v) is 5.97. The lowest BCUT2D eigenvalue weighted by Crippen LogP contribution is -2.48. The zero-order valence-corrected chi connectivity index (χ0v) is 18.4. The molecule has 5 heteroatoms. The molecule has 156 valence electrons. The average molecular weight is 421 g/mol. The van der Waals surface area contributed by atoms with Gasteiger partial charge in [-0.3, -0.25) is 0 Å². The van der Waals surface area contributed by atoms with Crippen molar-refractivity contribution in [3.8, 4) is 0 Å². The Morgan fingerprint density at radius 1 is 1.03 bits per heavy atom. The number of hydrogen-bond acceptors (Lipinski definition) is 3. The van der Waals surface area contributed by atoms with Crippen LogP contribution < -0.4 is 0 Å². The molecule has 2 aromatic carbocycles. The van der Waals surface area contributed by atoms with Crippen LogP contribution in [-0.4, -0.2) is 30.3 Å². The van der Waals surface area contributed by atoms with E-state index in [0.29, 0.717) is 19.4 Å². The summed E-state index contributed by atoms with van der Waals surface area (Å²) in [6, 6.07) is 18.3. The molecule has 2 aromatic rings. The molecule has 4 nitrogen and oxygen atoms in total. The molecular formula is C25H28N2O2S. The molecule has 1 heterocycles. The molecule has 0 saturated heterocycles. The van der Waals surface area contributed by atoms with E-state index in [0.717, 1.165) is 35.1 Å². The first-order valence-corrected chi connectivity index (χ1v) is 11.9. The van der Waals surface area contributed by atoms with Crippen LogP contribution in [0, 0.1) is 6.92 Å². The van der Waals surface area contributed by atoms with Gasteiger partial charge in [0.1, 0.15) is 4.75 Å². The Hall–Kier alpha value is -2.66. The van der Waals surface area contributed by atoms with Crippen LogP contribution >= 0.6 is 0 Å². The SMILES string of the molecule is Cc1ccc(C2=CC=C(Cc3ccccc3)[C@@](C)(S(=O)(=O)N3CCCC=N3)C2)cc1. The van der Waals surface area contributed by atoms with Crippen molar-refractivity contribution in [2.24, 2.45) is 5.10 Å². The fraction of sp³-hybridized carbons (Fsp3) is 0.320. The van der Waals surface area contributed by atoms with Crippen LogP contribution in [0.5, 0.6) is 0 Å². The monoisotopic (exact) mass is 420 g/mol. The van der Waals surface area contributed by atoms with Crippen LogP contribution in [0.3, 0.4) is 0 Å². The Morgan fingerprint density at radius 3 is 2.43 bits per heavy atom. The van der Waals surface area contributed by atoms with Gasteiger partial charge in [-0.2, -0.15) is 9.52 Å². The topological polar surface area (TPSA) is 49.7 Å². The van der Waals surface area contributed by atoms with Crippen LogP contribution in [0.4, 0.5) is 0 Å². The van der Waals surface area contributed by atoms with E-state index in [4.69, 9.17) is 0 Å². The van der Waals surface area contributed by atoms with Crippen molar-refractivity contribution in [3.63, 3.8) is 0 Å². The smallest absolute Gasteiger partial charge is 0.204 e. The van der Waals surface area contributed by atoms with Gasteiger partial charge in [0.15, 0.2) is 0 Å². The van der Waals surface area contributed by atoms with Gasteiger partial charge in [0.2, 0.25) is 0 Å². The van der Waals surface area contributed by atoms with Crippen LogP contribution in [0.25, 0.3) is 5.57 Å². The molecule has 2 aliphatic rings. The summed E-state index contributed by atoms with van der Waals surface area (Å²) in [5.74, 6) is 0.